The zero-order valence-electron chi connectivity index (χ0n) is 13.9. The summed E-state index contributed by atoms with van der Waals surface area (Å²) in [4.78, 5) is 2.56. The molecule has 3 rings (SSSR count). The van der Waals surface area contributed by atoms with Gasteiger partial charge in [-0.15, -0.1) is 6.58 Å². The molecule has 2 aliphatic heterocycles. The van der Waals surface area contributed by atoms with Gasteiger partial charge in [-0.2, -0.15) is 0 Å². The van der Waals surface area contributed by atoms with E-state index in [0.717, 1.165) is 31.7 Å². The monoisotopic (exact) mass is 317 g/mol. The summed E-state index contributed by atoms with van der Waals surface area (Å²) in [6, 6.07) is 8.93. The van der Waals surface area contributed by atoms with E-state index in [-0.39, 0.29) is 6.10 Å². The molecule has 23 heavy (non-hydrogen) atoms. The Labute approximate surface area is 139 Å². The van der Waals surface area contributed by atoms with Crippen LogP contribution < -0.4 is 4.74 Å². The number of rotatable bonds is 7. The Morgan fingerprint density at radius 1 is 1.26 bits per heavy atom. The summed E-state index contributed by atoms with van der Waals surface area (Å²) in [5, 5.41) is 0. The molecule has 2 aliphatic rings. The zero-order valence-corrected chi connectivity index (χ0v) is 13.9. The molecular weight excluding hydrogens is 290 g/mol. The van der Waals surface area contributed by atoms with E-state index in [2.05, 4.69) is 23.6 Å². The molecular formula is C19H27NO3. The van der Waals surface area contributed by atoms with Crippen LogP contribution in [-0.2, 0) is 16.0 Å². The van der Waals surface area contributed by atoms with Crippen LogP contribution >= 0.6 is 0 Å². The maximum atomic E-state index is 6.24. The quantitative estimate of drug-likeness (QED) is 0.571. The maximum absolute atomic E-state index is 6.24. The summed E-state index contributed by atoms with van der Waals surface area (Å²) in [5.41, 5.74) is 1.34. The third-order valence-electron chi connectivity index (χ3n) is 4.83. The molecule has 3 atom stereocenters. The number of methoxy groups -OCH3 is 1. The van der Waals surface area contributed by atoms with Crippen molar-refractivity contribution in [3.05, 3.63) is 42.5 Å². The van der Waals surface area contributed by atoms with Crippen molar-refractivity contribution < 1.29 is 14.2 Å². The van der Waals surface area contributed by atoms with Gasteiger partial charge in [0.25, 0.3) is 0 Å². The van der Waals surface area contributed by atoms with Crippen LogP contribution in [0.25, 0.3) is 0 Å². The van der Waals surface area contributed by atoms with Crippen molar-refractivity contribution in [2.45, 2.75) is 44.1 Å². The van der Waals surface area contributed by atoms with E-state index in [0.29, 0.717) is 25.4 Å². The minimum Gasteiger partial charge on any atom is -0.497 e. The number of hydrogen-bond donors (Lipinski definition) is 0. The lowest BCUT2D eigenvalue weighted by molar-refractivity contribution is -0.0971. The van der Waals surface area contributed by atoms with Gasteiger partial charge >= 0.3 is 0 Å². The summed E-state index contributed by atoms with van der Waals surface area (Å²) in [7, 11) is 1.70. The van der Waals surface area contributed by atoms with Gasteiger partial charge in [0.15, 0.2) is 0 Å². The highest BCUT2D eigenvalue weighted by Crippen LogP contribution is 2.32. The molecule has 0 aromatic heterocycles. The second-order valence-electron chi connectivity index (χ2n) is 6.37. The van der Waals surface area contributed by atoms with E-state index in [1.54, 1.807) is 13.2 Å². The van der Waals surface area contributed by atoms with Crippen LogP contribution in [0.4, 0.5) is 0 Å². The maximum Gasteiger partial charge on any atom is 0.118 e. The first-order valence-electron chi connectivity index (χ1n) is 8.51. The van der Waals surface area contributed by atoms with E-state index >= 15 is 0 Å². The third-order valence-corrected chi connectivity index (χ3v) is 4.83. The number of likely N-dealkylation sites (tertiary alicyclic amines) is 1. The Morgan fingerprint density at radius 2 is 2.09 bits per heavy atom. The highest BCUT2D eigenvalue weighted by Gasteiger charge is 2.39. The molecule has 0 N–H and O–H groups in total. The molecule has 2 heterocycles. The van der Waals surface area contributed by atoms with E-state index in [4.69, 9.17) is 14.2 Å². The lowest BCUT2D eigenvalue weighted by atomic mass is 9.99. The van der Waals surface area contributed by atoms with Gasteiger partial charge in [-0.05, 0) is 37.0 Å². The fraction of sp³-hybridized carbons (Fsp3) is 0.579. The minimum absolute atomic E-state index is 0.247. The Hall–Kier alpha value is -1.36. The number of fused-ring (bicyclic) bond motifs is 1. The fourth-order valence-corrected chi connectivity index (χ4v) is 3.65. The van der Waals surface area contributed by atoms with Crippen LogP contribution in [0.3, 0.4) is 0 Å². The van der Waals surface area contributed by atoms with Gasteiger partial charge in [-0.1, -0.05) is 18.2 Å². The first kappa shape index (κ1) is 16.5. The first-order valence-corrected chi connectivity index (χ1v) is 8.51. The Bertz CT molecular complexity index is 502. The Morgan fingerprint density at radius 3 is 2.83 bits per heavy atom. The highest BCUT2D eigenvalue weighted by atomic mass is 16.5. The predicted molar refractivity (Wildman–Crippen MR) is 90.7 cm³/mol. The van der Waals surface area contributed by atoms with Crippen LogP contribution in [0.2, 0.25) is 0 Å². The average Bonchev–Trinajstić information content (AvgIpc) is 2.98. The number of nitrogens with zero attached hydrogens (tertiary/aromatic N) is 1. The summed E-state index contributed by atoms with van der Waals surface area (Å²) in [5.74, 6) is 0.913. The molecule has 2 saturated heterocycles. The van der Waals surface area contributed by atoms with Crippen molar-refractivity contribution in [1.82, 2.24) is 4.90 Å². The zero-order chi connectivity index (χ0) is 16.1. The number of hydrogen-bond acceptors (Lipinski definition) is 4. The van der Waals surface area contributed by atoms with Gasteiger partial charge in [0.2, 0.25) is 0 Å². The van der Waals surface area contributed by atoms with Gasteiger partial charge in [-0.3, -0.25) is 4.90 Å². The summed E-state index contributed by atoms with van der Waals surface area (Å²) < 4.78 is 17.0. The van der Waals surface area contributed by atoms with Crippen molar-refractivity contribution in [2.24, 2.45) is 0 Å². The van der Waals surface area contributed by atoms with Crippen molar-refractivity contribution >= 4 is 0 Å². The van der Waals surface area contributed by atoms with Crippen molar-refractivity contribution in [3.8, 4) is 5.75 Å². The lowest BCUT2D eigenvalue weighted by Crippen LogP contribution is -2.43. The first-order chi connectivity index (χ1) is 11.3. The number of benzene rings is 1. The second-order valence-corrected chi connectivity index (χ2v) is 6.37. The van der Waals surface area contributed by atoms with E-state index in [1.807, 2.05) is 12.1 Å². The summed E-state index contributed by atoms with van der Waals surface area (Å²) in [6.07, 6.45) is 5.80. The molecule has 0 spiro atoms. The van der Waals surface area contributed by atoms with Crippen LogP contribution in [0.15, 0.2) is 36.9 Å². The van der Waals surface area contributed by atoms with Crippen LogP contribution in [0, 0.1) is 0 Å². The molecule has 4 heteroatoms. The topological polar surface area (TPSA) is 30.9 Å². The van der Waals surface area contributed by atoms with Gasteiger partial charge < -0.3 is 14.2 Å². The second kappa shape index (κ2) is 7.95. The van der Waals surface area contributed by atoms with Gasteiger partial charge in [0.05, 0.1) is 32.5 Å². The SMILES string of the molecule is C=CCOC[C@@H]1CC[C@H]2[C@H](CCN2Cc2ccc(OC)cc2)O1. The largest absolute Gasteiger partial charge is 0.497 e. The molecule has 0 bridgehead atoms. The van der Waals surface area contributed by atoms with E-state index < -0.39 is 0 Å². The Kier molecular flexibility index (Phi) is 5.70. The molecule has 4 nitrogen and oxygen atoms in total. The average molecular weight is 317 g/mol. The fourth-order valence-electron chi connectivity index (χ4n) is 3.65. The van der Waals surface area contributed by atoms with Crippen molar-refractivity contribution in [3.63, 3.8) is 0 Å². The molecule has 126 valence electrons. The van der Waals surface area contributed by atoms with E-state index in [9.17, 15) is 0 Å². The molecule has 0 amide bonds. The molecule has 2 fully saturated rings. The molecule has 0 aliphatic carbocycles. The number of ether oxygens (including phenoxy) is 3. The van der Waals surface area contributed by atoms with Crippen LogP contribution in [-0.4, -0.2) is 50.0 Å². The van der Waals surface area contributed by atoms with Crippen molar-refractivity contribution in [2.75, 3.05) is 26.9 Å². The summed E-state index contributed by atoms with van der Waals surface area (Å²) in [6.45, 7) is 7.08. The predicted octanol–water partition coefficient (Wildman–Crippen LogP) is 3.02. The smallest absolute Gasteiger partial charge is 0.118 e. The molecule has 0 unspecified atom stereocenters. The van der Waals surface area contributed by atoms with Gasteiger partial charge in [0.1, 0.15) is 5.75 Å². The van der Waals surface area contributed by atoms with Gasteiger partial charge in [0, 0.05) is 19.1 Å². The minimum atomic E-state index is 0.247. The lowest BCUT2D eigenvalue weighted by Gasteiger charge is -2.36. The normalized spacial score (nSPS) is 27.6. The van der Waals surface area contributed by atoms with Crippen LogP contribution in [0.1, 0.15) is 24.8 Å². The van der Waals surface area contributed by atoms with Crippen molar-refractivity contribution in [1.29, 1.82) is 0 Å². The molecule has 0 saturated carbocycles. The van der Waals surface area contributed by atoms with Crippen LogP contribution in [0.5, 0.6) is 5.75 Å². The van der Waals surface area contributed by atoms with E-state index in [1.165, 1.54) is 12.0 Å². The molecule has 1 aromatic rings. The standard InChI is InChI=1S/C19H27NO3/c1-3-12-22-14-17-8-9-18-19(23-17)10-11-20(18)13-15-4-6-16(21-2)7-5-15/h3-7,17-19H,1,8-14H2,2H3/t17-,18-,19-/m0/s1. The third kappa shape index (κ3) is 4.14. The molecule has 1 aromatic carbocycles. The molecule has 0 radical (unpaired) electrons. The van der Waals surface area contributed by atoms with Gasteiger partial charge in [-0.25, -0.2) is 0 Å². The summed E-state index contributed by atoms with van der Waals surface area (Å²) >= 11 is 0. The Balaban J connectivity index is 1.51. The highest BCUT2D eigenvalue weighted by molar-refractivity contribution is 5.27.